The third-order valence-corrected chi connectivity index (χ3v) is 2.63. The molecule has 2 aromatic heterocycles. The maximum Gasteiger partial charge on any atom is 0.320 e. The minimum atomic E-state index is -0.327. The maximum atomic E-state index is 11.4. The molecule has 0 fully saturated rings. The first-order chi connectivity index (χ1) is 9.99. The number of carbonyl (C=O) groups excluding carboxylic acids is 2. The van der Waals surface area contributed by atoms with Gasteiger partial charge in [0.05, 0.1) is 6.20 Å². The molecule has 8 heteroatoms. The van der Waals surface area contributed by atoms with Crippen LogP contribution >= 0.6 is 0 Å². The van der Waals surface area contributed by atoms with Crippen molar-refractivity contribution in [2.75, 3.05) is 11.9 Å². The summed E-state index contributed by atoms with van der Waals surface area (Å²) in [5.41, 5.74) is 1.10. The molecule has 0 bridgehead atoms. The predicted octanol–water partition coefficient (Wildman–Crippen LogP) is 0.937. The predicted molar refractivity (Wildman–Crippen MR) is 78.5 cm³/mol. The molecule has 2 aromatic rings. The molecular weight excluding hydrogens is 272 g/mol. The Bertz CT molecular complexity index is 706. The van der Waals surface area contributed by atoms with Crippen LogP contribution in [-0.2, 0) is 4.79 Å². The molecule has 8 nitrogen and oxygen atoms in total. The lowest BCUT2D eigenvalue weighted by atomic mass is 10.2. The van der Waals surface area contributed by atoms with Crippen LogP contribution in [0.5, 0.6) is 0 Å². The van der Waals surface area contributed by atoms with Crippen molar-refractivity contribution in [3.8, 4) is 0 Å². The van der Waals surface area contributed by atoms with E-state index in [-0.39, 0.29) is 17.8 Å². The maximum absolute atomic E-state index is 11.4. The number of amides is 3. The Labute approximate surface area is 121 Å². The number of aromatic nitrogens is 2. The first-order valence-electron chi connectivity index (χ1n) is 6.39. The SMILES string of the molecule is CCNC(=O)Nc1cn2ccc(C(=N)NC(C)=O)cc2n1. The molecule has 0 unspecified atom stereocenters. The zero-order valence-electron chi connectivity index (χ0n) is 11.7. The summed E-state index contributed by atoms with van der Waals surface area (Å²) < 4.78 is 1.71. The zero-order chi connectivity index (χ0) is 15.4. The number of rotatable bonds is 3. The van der Waals surface area contributed by atoms with Gasteiger partial charge in [0.25, 0.3) is 0 Å². The van der Waals surface area contributed by atoms with Gasteiger partial charge in [0.1, 0.15) is 11.5 Å². The largest absolute Gasteiger partial charge is 0.338 e. The third-order valence-electron chi connectivity index (χ3n) is 2.63. The summed E-state index contributed by atoms with van der Waals surface area (Å²) in [5.74, 6) is 0.109. The second-order valence-electron chi connectivity index (χ2n) is 4.35. The number of anilines is 1. The van der Waals surface area contributed by atoms with E-state index in [0.29, 0.717) is 23.6 Å². The minimum absolute atomic E-state index is 0.00577. The first kappa shape index (κ1) is 14.5. The molecule has 0 spiro atoms. The molecule has 0 saturated heterocycles. The van der Waals surface area contributed by atoms with Crippen molar-refractivity contribution in [3.63, 3.8) is 0 Å². The Hall–Kier alpha value is -2.90. The molecule has 0 atom stereocenters. The molecule has 4 N–H and O–H groups in total. The molecule has 0 saturated carbocycles. The van der Waals surface area contributed by atoms with Crippen LogP contribution in [0.1, 0.15) is 19.4 Å². The normalized spacial score (nSPS) is 10.2. The highest BCUT2D eigenvalue weighted by molar-refractivity contribution is 6.06. The molecule has 2 heterocycles. The van der Waals surface area contributed by atoms with E-state index in [2.05, 4.69) is 20.9 Å². The number of fused-ring (bicyclic) bond motifs is 1. The zero-order valence-corrected chi connectivity index (χ0v) is 11.7. The molecule has 0 aliphatic rings. The van der Waals surface area contributed by atoms with E-state index in [1.165, 1.54) is 6.92 Å². The highest BCUT2D eigenvalue weighted by atomic mass is 16.2. The minimum Gasteiger partial charge on any atom is -0.338 e. The number of hydrogen-bond acceptors (Lipinski definition) is 4. The van der Waals surface area contributed by atoms with E-state index in [1.807, 2.05) is 6.92 Å². The number of carbonyl (C=O) groups is 2. The van der Waals surface area contributed by atoms with E-state index < -0.39 is 0 Å². The van der Waals surface area contributed by atoms with Gasteiger partial charge in [-0.1, -0.05) is 0 Å². The second kappa shape index (κ2) is 6.04. The van der Waals surface area contributed by atoms with Crippen LogP contribution in [0.2, 0.25) is 0 Å². The van der Waals surface area contributed by atoms with E-state index >= 15 is 0 Å². The number of hydrogen-bond donors (Lipinski definition) is 4. The molecule has 0 aliphatic heterocycles. The summed E-state index contributed by atoms with van der Waals surface area (Å²) in [6, 6.07) is 3.01. The lowest BCUT2D eigenvalue weighted by Crippen LogP contribution is -2.28. The van der Waals surface area contributed by atoms with Gasteiger partial charge in [0, 0.05) is 25.2 Å². The highest BCUT2D eigenvalue weighted by Gasteiger charge is 2.08. The van der Waals surface area contributed by atoms with Crippen molar-refractivity contribution in [3.05, 3.63) is 30.1 Å². The quantitative estimate of drug-likeness (QED) is 0.498. The van der Waals surface area contributed by atoms with Gasteiger partial charge in [-0.3, -0.25) is 15.5 Å². The van der Waals surface area contributed by atoms with E-state index in [0.717, 1.165) is 0 Å². The number of pyridine rings is 1. The Morgan fingerprint density at radius 1 is 1.43 bits per heavy atom. The van der Waals surface area contributed by atoms with Gasteiger partial charge in [-0.25, -0.2) is 9.78 Å². The molecular formula is C13H16N6O2. The summed E-state index contributed by atoms with van der Waals surface area (Å²) in [4.78, 5) is 26.6. The van der Waals surface area contributed by atoms with Gasteiger partial charge >= 0.3 is 6.03 Å². The lowest BCUT2D eigenvalue weighted by molar-refractivity contribution is -0.117. The number of amidine groups is 1. The van der Waals surface area contributed by atoms with E-state index in [1.54, 1.807) is 28.9 Å². The Morgan fingerprint density at radius 3 is 2.86 bits per heavy atom. The van der Waals surface area contributed by atoms with Crippen molar-refractivity contribution >= 4 is 29.2 Å². The van der Waals surface area contributed by atoms with Crippen molar-refractivity contribution in [2.24, 2.45) is 0 Å². The van der Waals surface area contributed by atoms with Gasteiger partial charge in [-0.2, -0.15) is 0 Å². The average molecular weight is 288 g/mol. The molecule has 0 aliphatic carbocycles. The molecule has 0 radical (unpaired) electrons. The Kier molecular flexibility index (Phi) is 4.17. The lowest BCUT2D eigenvalue weighted by Gasteiger charge is -2.04. The summed E-state index contributed by atoms with van der Waals surface area (Å²) in [7, 11) is 0. The summed E-state index contributed by atoms with van der Waals surface area (Å²) in [5, 5.41) is 15.4. The number of nitrogens with one attached hydrogen (secondary N) is 4. The van der Waals surface area contributed by atoms with Crippen LogP contribution in [0.15, 0.2) is 24.5 Å². The number of imidazole rings is 1. The fraction of sp³-hybridized carbons (Fsp3) is 0.231. The Balaban J connectivity index is 2.22. The van der Waals surface area contributed by atoms with Gasteiger partial charge < -0.3 is 15.0 Å². The van der Waals surface area contributed by atoms with Gasteiger partial charge in [0.2, 0.25) is 5.91 Å². The number of nitrogens with zero attached hydrogens (tertiary/aromatic N) is 2. The molecule has 0 aromatic carbocycles. The monoisotopic (exact) mass is 288 g/mol. The molecule has 2 rings (SSSR count). The van der Waals surface area contributed by atoms with E-state index in [4.69, 9.17) is 5.41 Å². The van der Waals surface area contributed by atoms with Crippen molar-refractivity contribution < 1.29 is 9.59 Å². The van der Waals surface area contributed by atoms with Crippen molar-refractivity contribution in [1.29, 1.82) is 5.41 Å². The average Bonchev–Trinajstić information content (AvgIpc) is 2.78. The number of urea groups is 1. The van der Waals surface area contributed by atoms with E-state index in [9.17, 15) is 9.59 Å². The van der Waals surface area contributed by atoms with Crippen LogP contribution in [0, 0.1) is 5.41 Å². The van der Waals surface area contributed by atoms with Crippen LogP contribution in [0.4, 0.5) is 10.6 Å². The molecule has 3 amide bonds. The van der Waals surface area contributed by atoms with Gasteiger partial charge in [-0.15, -0.1) is 0 Å². The molecule has 110 valence electrons. The van der Waals surface area contributed by atoms with Crippen molar-refractivity contribution in [2.45, 2.75) is 13.8 Å². The Morgan fingerprint density at radius 2 is 2.19 bits per heavy atom. The smallest absolute Gasteiger partial charge is 0.320 e. The summed E-state index contributed by atoms with van der Waals surface area (Å²) >= 11 is 0. The first-order valence-corrected chi connectivity index (χ1v) is 6.39. The fourth-order valence-corrected chi connectivity index (χ4v) is 1.77. The topological polar surface area (TPSA) is 111 Å². The van der Waals surface area contributed by atoms with Gasteiger partial charge in [-0.05, 0) is 19.1 Å². The second-order valence-corrected chi connectivity index (χ2v) is 4.35. The fourth-order valence-electron chi connectivity index (χ4n) is 1.77. The van der Waals surface area contributed by atoms with Crippen molar-refractivity contribution in [1.82, 2.24) is 20.0 Å². The van der Waals surface area contributed by atoms with Crippen LogP contribution in [0.25, 0.3) is 5.65 Å². The van der Waals surface area contributed by atoms with Crippen LogP contribution in [0.3, 0.4) is 0 Å². The third kappa shape index (κ3) is 3.56. The summed E-state index contributed by atoms with van der Waals surface area (Å²) in [6.45, 7) is 3.69. The van der Waals surface area contributed by atoms with Gasteiger partial charge in [0.15, 0.2) is 5.82 Å². The van der Waals surface area contributed by atoms with Crippen LogP contribution < -0.4 is 16.0 Å². The molecule has 21 heavy (non-hydrogen) atoms. The summed E-state index contributed by atoms with van der Waals surface area (Å²) in [6.07, 6.45) is 3.37. The standard InChI is InChI=1S/C13H16N6O2/c1-3-15-13(21)18-10-7-19-5-4-9(6-11(19)17-10)12(14)16-8(2)20/h4-7H,3H2,1-2H3,(H2,14,16,20)(H2,15,18,21). The highest BCUT2D eigenvalue weighted by Crippen LogP contribution is 2.11. The van der Waals surface area contributed by atoms with Crippen LogP contribution in [-0.4, -0.2) is 33.7 Å².